The van der Waals surface area contributed by atoms with Crippen LogP contribution in [0.1, 0.15) is 16.8 Å². The average Bonchev–Trinajstić information content (AvgIpc) is 2.70. The van der Waals surface area contributed by atoms with Crippen LogP contribution >= 0.6 is 0 Å². The molecule has 1 amide bonds. The van der Waals surface area contributed by atoms with E-state index in [2.05, 4.69) is 5.32 Å². The smallest absolute Gasteiger partial charge is 0.338 e. The Bertz CT molecular complexity index is 997. The van der Waals surface area contributed by atoms with Gasteiger partial charge in [0.1, 0.15) is 11.3 Å². The van der Waals surface area contributed by atoms with Crippen molar-refractivity contribution in [2.45, 2.75) is 6.42 Å². The number of hydrogen-bond acceptors (Lipinski definition) is 5. The van der Waals surface area contributed by atoms with E-state index in [1.807, 2.05) is 18.2 Å². The van der Waals surface area contributed by atoms with Crippen molar-refractivity contribution in [1.82, 2.24) is 4.90 Å². The lowest BCUT2D eigenvalue weighted by atomic mass is 10.2. The van der Waals surface area contributed by atoms with Gasteiger partial charge in [0.15, 0.2) is 0 Å². The van der Waals surface area contributed by atoms with E-state index < -0.39 is 0 Å². The van der Waals surface area contributed by atoms with Crippen LogP contribution in [0.2, 0.25) is 0 Å². The Labute approximate surface area is 157 Å². The number of methoxy groups -OCH3 is 1. The first-order valence-corrected chi connectivity index (χ1v) is 8.75. The molecule has 1 N–H and O–H groups in total. The monoisotopic (exact) mass is 366 g/mol. The van der Waals surface area contributed by atoms with Crippen LogP contribution in [0.15, 0.2) is 63.8 Å². The number of rotatable bonds is 7. The molecule has 2 aromatic carbocycles. The van der Waals surface area contributed by atoms with E-state index in [4.69, 9.17) is 9.15 Å². The number of nitrogens with one attached hydrogen (secondary N) is 1. The standard InChI is InChI=1S/C21H22N2O4/c1-23(21(25)15-7-5-8-16(13-15)26-2)12-6-11-22-18-14-20(24)27-19-10-4-3-9-17(18)19/h3-5,7-10,13-14,22H,6,11-12H2,1-2H3. The van der Waals surface area contributed by atoms with Gasteiger partial charge in [-0.1, -0.05) is 18.2 Å². The number of fused-ring (bicyclic) bond motifs is 1. The normalized spacial score (nSPS) is 10.6. The molecule has 1 aromatic heterocycles. The maximum absolute atomic E-state index is 12.5. The Hall–Kier alpha value is -3.28. The molecule has 0 spiro atoms. The largest absolute Gasteiger partial charge is 0.497 e. The second-order valence-corrected chi connectivity index (χ2v) is 6.21. The molecule has 0 fully saturated rings. The van der Waals surface area contributed by atoms with Crippen molar-refractivity contribution >= 4 is 22.6 Å². The molecule has 0 radical (unpaired) electrons. The lowest BCUT2D eigenvalue weighted by Gasteiger charge is -2.18. The van der Waals surface area contributed by atoms with E-state index in [0.717, 1.165) is 17.5 Å². The third-order valence-electron chi connectivity index (χ3n) is 4.30. The van der Waals surface area contributed by atoms with Gasteiger partial charge in [-0.05, 0) is 36.8 Å². The first kappa shape index (κ1) is 18.5. The van der Waals surface area contributed by atoms with Crippen molar-refractivity contribution in [3.8, 4) is 5.75 Å². The van der Waals surface area contributed by atoms with Crippen LogP contribution in [0.3, 0.4) is 0 Å². The number of ether oxygens (including phenoxy) is 1. The number of nitrogens with zero attached hydrogens (tertiary/aromatic N) is 1. The summed E-state index contributed by atoms with van der Waals surface area (Å²) in [7, 11) is 3.35. The van der Waals surface area contributed by atoms with Crippen molar-refractivity contribution in [3.63, 3.8) is 0 Å². The minimum absolute atomic E-state index is 0.0558. The summed E-state index contributed by atoms with van der Waals surface area (Å²) in [5.74, 6) is 0.602. The summed E-state index contributed by atoms with van der Waals surface area (Å²) >= 11 is 0. The highest BCUT2D eigenvalue weighted by molar-refractivity contribution is 5.94. The molecular weight excluding hydrogens is 344 g/mol. The lowest BCUT2D eigenvalue weighted by Crippen LogP contribution is -2.28. The minimum Gasteiger partial charge on any atom is -0.497 e. The molecule has 0 saturated carbocycles. The summed E-state index contributed by atoms with van der Waals surface area (Å²) in [6, 6.07) is 16.0. The van der Waals surface area contributed by atoms with Crippen LogP contribution in [0.5, 0.6) is 5.75 Å². The molecule has 0 atom stereocenters. The molecule has 6 heteroatoms. The van der Waals surface area contributed by atoms with Gasteiger partial charge < -0.3 is 19.4 Å². The first-order chi connectivity index (χ1) is 13.1. The molecule has 0 unspecified atom stereocenters. The van der Waals surface area contributed by atoms with Crippen molar-refractivity contribution in [1.29, 1.82) is 0 Å². The summed E-state index contributed by atoms with van der Waals surface area (Å²) in [6.45, 7) is 1.21. The fourth-order valence-corrected chi connectivity index (χ4v) is 2.88. The van der Waals surface area contributed by atoms with Gasteiger partial charge in [-0.25, -0.2) is 4.79 Å². The summed E-state index contributed by atoms with van der Waals surface area (Å²) in [5.41, 5.74) is 1.50. The van der Waals surface area contributed by atoms with Crippen molar-refractivity contribution in [2.75, 3.05) is 32.6 Å². The van der Waals surface area contributed by atoms with E-state index in [1.165, 1.54) is 6.07 Å². The van der Waals surface area contributed by atoms with E-state index in [1.54, 1.807) is 49.4 Å². The Morgan fingerprint density at radius 2 is 1.96 bits per heavy atom. The molecule has 0 saturated heterocycles. The Morgan fingerprint density at radius 1 is 1.15 bits per heavy atom. The van der Waals surface area contributed by atoms with Crippen LogP contribution in [0, 0.1) is 0 Å². The average molecular weight is 366 g/mol. The lowest BCUT2D eigenvalue weighted by molar-refractivity contribution is 0.0794. The Balaban J connectivity index is 1.57. The zero-order valence-electron chi connectivity index (χ0n) is 15.4. The summed E-state index contributed by atoms with van der Waals surface area (Å²) in [5, 5.41) is 4.12. The number of anilines is 1. The molecule has 6 nitrogen and oxygen atoms in total. The van der Waals surface area contributed by atoms with Gasteiger partial charge in [-0.15, -0.1) is 0 Å². The molecule has 3 rings (SSSR count). The van der Waals surface area contributed by atoms with Crippen LogP contribution in [-0.2, 0) is 0 Å². The zero-order chi connectivity index (χ0) is 19.2. The minimum atomic E-state index is -0.387. The van der Waals surface area contributed by atoms with E-state index in [-0.39, 0.29) is 11.5 Å². The number of para-hydroxylation sites is 1. The Kier molecular flexibility index (Phi) is 5.76. The van der Waals surface area contributed by atoms with E-state index in [9.17, 15) is 9.59 Å². The number of carbonyl (C=O) groups excluding carboxylic acids is 1. The van der Waals surface area contributed by atoms with Gasteiger partial charge in [0.2, 0.25) is 0 Å². The highest BCUT2D eigenvalue weighted by Crippen LogP contribution is 2.21. The van der Waals surface area contributed by atoms with Gasteiger partial charge in [0, 0.05) is 37.2 Å². The second kappa shape index (κ2) is 8.40. The zero-order valence-corrected chi connectivity index (χ0v) is 15.4. The molecule has 0 aliphatic heterocycles. The third-order valence-corrected chi connectivity index (χ3v) is 4.30. The van der Waals surface area contributed by atoms with Crippen molar-refractivity contribution in [3.05, 3.63) is 70.6 Å². The number of amides is 1. The predicted octanol–water partition coefficient (Wildman–Crippen LogP) is 3.38. The predicted molar refractivity (Wildman–Crippen MR) is 106 cm³/mol. The van der Waals surface area contributed by atoms with Crippen LogP contribution in [-0.4, -0.2) is 38.1 Å². The third kappa shape index (κ3) is 4.47. The van der Waals surface area contributed by atoms with E-state index in [0.29, 0.717) is 30.0 Å². The quantitative estimate of drug-likeness (QED) is 0.513. The number of carbonyl (C=O) groups is 1. The summed E-state index contributed by atoms with van der Waals surface area (Å²) in [4.78, 5) is 25.8. The summed E-state index contributed by atoms with van der Waals surface area (Å²) < 4.78 is 10.4. The Morgan fingerprint density at radius 3 is 2.78 bits per heavy atom. The number of hydrogen-bond donors (Lipinski definition) is 1. The molecule has 0 bridgehead atoms. The van der Waals surface area contributed by atoms with Gasteiger partial charge in [-0.2, -0.15) is 0 Å². The second-order valence-electron chi connectivity index (χ2n) is 6.21. The maximum Gasteiger partial charge on any atom is 0.338 e. The highest BCUT2D eigenvalue weighted by Gasteiger charge is 2.12. The van der Waals surface area contributed by atoms with Crippen LogP contribution in [0.4, 0.5) is 5.69 Å². The first-order valence-electron chi connectivity index (χ1n) is 8.75. The van der Waals surface area contributed by atoms with Crippen molar-refractivity contribution < 1.29 is 13.9 Å². The maximum atomic E-state index is 12.5. The molecule has 0 aliphatic carbocycles. The number of benzene rings is 2. The molecule has 0 aliphatic rings. The molecule has 3 aromatic rings. The van der Waals surface area contributed by atoms with Crippen LogP contribution in [0.25, 0.3) is 11.0 Å². The van der Waals surface area contributed by atoms with Crippen molar-refractivity contribution in [2.24, 2.45) is 0 Å². The van der Waals surface area contributed by atoms with Gasteiger partial charge >= 0.3 is 5.63 Å². The molecule has 27 heavy (non-hydrogen) atoms. The van der Waals surface area contributed by atoms with Gasteiger partial charge in [0.25, 0.3) is 5.91 Å². The molecular formula is C21H22N2O4. The summed E-state index contributed by atoms with van der Waals surface area (Å²) in [6.07, 6.45) is 0.737. The van der Waals surface area contributed by atoms with Crippen LogP contribution < -0.4 is 15.7 Å². The fourth-order valence-electron chi connectivity index (χ4n) is 2.88. The van der Waals surface area contributed by atoms with Gasteiger partial charge in [0.05, 0.1) is 12.8 Å². The van der Waals surface area contributed by atoms with E-state index >= 15 is 0 Å². The van der Waals surface area contributed by atoms with Gasteiger partial charge in [-0.3, -0.25) is 4.79 Å². The highest BCUT2D eigenvalue weighted by atomic mass is 16.5. The topological polar surface area (TPSA) is 71.8 Å². The fraction of sp³-hybridized carbons (Fsp3) is 0.238. The molecule has 1 heterocycles. The molecule has 140 valence electrons. The SMILES string of the molecule is COc1cccc(C(=O)N(C)CCCNc2cc(=O)oc3ccccc23)c1.